The van der Waals surface area contributed by atoms with Gasteiger partial charge in [0.25, 0.3) is 0 Å². The first kappa shape index (κ1) is 8.49. The van der Waals surface area contributed by atoms with E-state index in [4.69, 9.17) is 0 Å². The van der Waals surface area contributed by atoms with Crippen molar-refractivity contribution in [1.29, 1.82) is 0 Å². The van der Waals surface area contributed by atoms with E-state index in [0.717, 1.165) is 21.4 Å². The third-order valence-corrected chi connectivity index (χ3v) is 2.83. The van der Waals surface area contributed by atoms with Crippen molar-refractivity contribution in [3.63, 3.8) is 0 Å². The van der Waals surface area contributed by atoms with Crippen molar-refractivity contribution in [3.05, 3.63) is 29.5 Å². The van der Waals surface area contributed by atoms with Crippen molar-refractivity contribution >= 4 is 16.3 Å². The van der Waals surface area contributed by atoms with E-state index in [1.807, 2.05) is 19.1 Å². The SMILES string of the molecule is Cc1nn2c(-c3cccnc3)nnc2s1. The molecule has 15 heavy (non-hydrogen) atoms. The monoisotopic (exact) mass is 217 g/mol. The Morgan fingerprint density at radius 2 is 2.27 bits per heavy atom. The zero-order valence-corrected chi connectivity index (χ0v) is 8.77. The third-order valence-electron chi connectivity index (χ3n) is 2.01. The molecule has 6 heteroatoms. The first-order valence-corrected chi connectivity index (χ1v) is 5.25. The Kier molecular flexibility index (Phi) is 1.75. The van der Waals surface area contributed by atoms with Crippen LogP contribution < -0.4 is 0 Å². The minimum absolute atomic E-state index is 0.738. The lowest BCUT2D eigenvalue weighted by Gasteiger charge is -1.93. The Bertz CT molecular complexity index is 597. The minimum Gasteiger partial charge on any atom is -0.264 e. The molecule has 3 aromatic heterocycles. The molecular formula is C9H7N5S. The molecule has 3 heterocycles. The predicted molar refractivity (Wildman–Crippen MR) is 56.6 cm³/mol. The standard InChI is InChI=1S/C9H7N5S/c1-6-13-14-8(11-12-9(14)15-6)7-3-2-4-10-5-7/h2-5H,1H3. The number of aryl methyl sites for hydroxylation is 1. The zero-order chi connectivity index (χ0) is 10.3. The van der Waals surface area contributed by atoms with Gasteiger partial charge in [0, 0.05) is 18.0 Å². The summed E-state index contributed by atoms with van der Waals surface area (Å²) in [5.41, 5.74) is 0.926. The summed E-state index contributed by atoms with van der Waals surface area (Å²) in [4.78, 5) is 4.86. The van der Waals surface area contributed by atoms with Gasteiger partial charge in [0.15, 0.2) is 5.82 Å². The van der Waals surface area contributed by atoms with Crippen LogP contribution in [-0.4, -0.2) is 24.8 Å². The van der Waals surface area contributed by atoms with Gasteiger partial charge in [0.05, 0.1) is 0 Å². The minimum atomic E-state index is 0.738. The lowest BCUT2D eigenvalue weighted by Crippen LogP contribution is -1.90. The van der Waals surface area contributed by atoms with Gasteiger partial charge >= 0.3 is 0 Å². The van der Waals surface area contributed by atoms with Gasteiger partial charge in [-0.25, -0.2) is 0 Å². The van der Waals surface area contributed by atoms with Crippen molar-refractivity contribution in [2.45, 2.75) is 6.92 Å². The summed E-state index contributed by atoms with van der Waals surface area (Å²) >= 11 is 1.53. The van der Waals surface area contributed by atoms with Gasteiger partial charge < -0.3 is 0 Å². The van der Waals surface area contributed by atoms with Crippen LogP contribution in [0.1, 0.15) is 5.01 Å². The molecule has 0 aliphatic heterocycles. The molecule has 0 saturated carbocycles. The van der Waals surface area contributed by atoms with Gasteiger partial charge in [-0.3, -0.25) is 4.98 Å². The molecule has 74 valence electrons. The largest absolute Gasteiger partial charge is 0.264 e. The second-order valence-corrected chi connectivity index (χ2v) is 4.24. The van der Waals surface area contributed by atoms with Crippen molar-refractivity contribution in [1.82, 2.24) is 24.8 Å². The van der Waals surface area contributed by atoms with E-state index < -0.39 is 0 Å². The summed E-state index contributed by atoms with van der Waals surface area (Å²) in [5.74, 6) is 0.738. The van der Waals surface area contributed by atoms with E-state index >= 15 is 0 Å². The smallest absolute Gasteiger partial charge is 0.234 e. The number of rotatable bonds is 1. The molecule has 0 aliphatic carbocycles. The molecule has 0 atom stereocenters. The number of pyridine rings is 1. The summed E-state index contributed by atoms with van der Waals surface area (Å²) in [6, 6.07) is 3.81. The van der Waals surface area contributed by atoms with Crippen LogP contribution in [0.2, 0.25) is 0 Å². The van der Waals surface area contributed by atoms with Crippen molar-refractivity contribution in [2.75, 3.05) is 0 Å². The molecule has 0 radical (unpaired) electrons. The van der Waals surface area contributed by atoms with Crippen LogP contribution in [-0.2, 0) is 0 Å². The van der Waals surface area contributed by atoms with Crippen molar-refractivity contribution in [2.24, 2.45) is 0 Å². The number of nitrogens with zero attached hydrogens (tertiary/aromatic N) is 5. The molecule has 0 N–H and O–H groups in total. The summed E-state index contributed by atoms with van der Waals surface area (Å²) in [6.07, 6.45) is 3.49. The van der Waals surface area contributed by atoms with E-state index in [0.29, 0.717) is 0 Å². The molecule has 3 rings (SSSR count). The normalized spacial score (nSPS) is 11.0. The van der Waals surface area contributed by atoms with Crippen LogP contribution in [0, 0.1) is 6.92 Å². The fourth-order valence-electron chi connectivity index (χ4n) is 1.39. The Hall–Kier alpha value is -1.82. The summed E-state index contributed by atoms with van der Waals surface area (Å²) in [6.45, 7) is 1.95. The highest BCUT2D eigenvalue weighted by molar-refractivity contribution is 7.16. The number of aromatic nitrogens is 5. The highest BCUT2D eigenvalue weighted by atomic mass is 32.1. The molecule has 0 spiro atoms. The zero-order valence-electron chi connectivity index (χ0n) is 7.95. The van der Waals surface area contributed by atoms with E-state index in [1.54, 1.807) is 16.9 Å². The summed E-state index contributed by atoms with van der Waals surface area (Å²) in [5, 5.41) is 13.5. The molecule has 0 bridgehead atoms. The van der Waals surface area contributed by atoms with E-state index in [9.17, 15) is 0 Å². The van der Waals surface area contributed by atoms with Gasteiger partial charge in [-0.1, -0.05) is 11.3 Å². The van der Waals surface area contributed by atoms with E-state index in [1.165, 1.54) is 11.3 Å². The molecule has 0 aliphatic rings. The topological polar surface area (TPSA) is 56.0 Å². The Labute approximate surface area is 89.4 Å². The van der Waals surface area contributed by atoms with Crippen molar-refractivity contribution in [3.8, 4) is 11.4 Å². The predicted octanol–water partition coefficient (Wildman–Crippen LogP) is 1.56. The average Bonchev–Trinajstić information content (AvgIpc) is 2.77. The second-order valence-electron chi connectivity index (χ2n) is 3.08. The Balaban J connectivity index is 2.27. The molecular weight excluding hydrogens is 210 g/mol. The van der Waals surface area contributed by atoms with Gasteiger partial charge in [-0.05, 0) is 19.1 Å². The lowest BCUT2D eigenvalue weighted by molar-refractivity contribution is 0.939. The maximum atomic E-state index is 4.33. The van der Waals surface area contributed by atoms with Crippen molar-refractivity contribution < 1.29 is 0 Å². The quantitative estimate of drug-likeness (QED) is 0.620. The third kappa shape index (κ3) is 1.30. The van der Waals surface area contributed by atoms with Gasteiger partial charge in [-0.2, -0.15) is 9.61 Å². The highest BCUT2D eigenvalue weighted by Crippen LogP contribution is 2.19. The lowest BCUT2D eigenvalue weighted by atomic mass is 10.3. The average molecular weight is 217 g/mol. The van der Waals surface area contributed by atoms with Gasteiger partial charge in [0.1, 0.15) is 5.01 Å². The van der Waals surface area contributed by atoms with Gasteiger partial charge in [0.2, 0.25) is 4.96 Å². The highest BCUT2D eigenvalue weighted by Gasteiger charge is 2.11. The van der Waals surface area contributed by atoms with Crippen LogP contribution in [0.4, 0.5) is 0 Å². The molecule has 0 fully saturated rings. The molecule has 0 unspecified atom stereocenters. The molecule has 5 nitrogen and oxygen atoms in total. The first-order chi connectivity index (χ1) is 7.34. The molecule has 0 saturated heterocycles. The van der Waals surface area contributed by atoms with E-state index in [2.05, 4.69) is 20.3 Å². The number of fused-ring (bicyclic) bond motifs is 1. The maximum absolute atomic E-state index is 4.33. The fourth-order valence-corrected chi connectivity index (χ4v) is 2.07. The van der Waals surface area contributed by atoms with Crippen LogP contribution in [0.15, 0.2) is 24.5 Å². The number of hydrogen-bond acceptors (Lipinski definition) is 5. The Morgan fingerprint density at radius 1 is 1.33 bits per heavy atom. The molecule has 0 amide bonds. The first-order valence-electron chi connectivity index (χ1n) is 4.44. The van der Waals surface area contributed by atoms with E-state index in [-0.39, 0.29) is 0 Å². The second kappa shape index (κ2) is 3.09. The maximum Gasteiger partial charge on any atom is 0.234 e. The van der Waals surface area contributed by atoms with Crippen LogP contribution in [0.5, 0.6) is 0 Å². The van der Waals surface area contributed by atoms with Gasteiger partial charge in [-0.15, -0.1) is 10.2 Å². The van der Waals surface area contributed by atoms with Crippen LogP contribution in [0.25, 0.3) is 16.3 Å². The molecule has 0 aromatic carbocycles. The summed E-state index contributed by atoms with van der Waals surface area (Å²) in [7, 11) is 0. The fraction of sp³-hybridized carbons (Fsp3) is 0.111. The van der Waals surface area contributed by atoms with Crippen LogP contribution in [0.3, 0.4) is 0 Å². The molecule has 3 aromatic rings. The summed E-state index contributed by atoms with van der Waals surface area (Å²) < 4.78 is 1.75. The Morgan fingerprint density at radius 3 is 3.07 bits per heavy atom. The van der Waals surface area contributed by atoms with Crippen LogP contribution >= 0.6 is 11.3 Å². The number of hydrogen-bond donors (Lipinski definition) is 0.